The Morgan fingerprint density at radius 2 is 0.944 bits per heavy atom. The molecule has 0 aliphatic rings. The van der Waals surface area contributed by atoms with Crippen molar-refractivity contribution in [2.75, 3.05) is 26.2 Å². The molecule has 0 heterocycles. The minimum atomic E-state index is 0.694. The van der Waals surface area contributed by atoms with Gasteiger partial charge < -0.3 is 16.8 Å². The van der Waals surface area contributed by atoms with E-state index in [1.54, 1.807) is 0 Å². The minimum Gasteiger partial charge on any atom is -0.329 e. The van der Waals surface area contributed by atoms with E-state index in [4.69, 9.17) is 11.5 Å². The Kier molecular flexibility index (Phi) is 24.8. The molecule has 0 atom stereocenters. The first-order valence-electron chi connectivity index (χ1n) is 7.94. The van der Waals surface area contributed by atoms with Crippen molar-refractivity contribution in [3.8, 4) is 0 Å². The lowest BCUT2D eigenvalue weighted by Crippen LogP contribution is -2.27. The number of nitrogens with one attached hydrogen (secondary N) is 1. The quantitative estimate of drug-likeness (QED) is 0.472. The van der Waals surface area contributed by atoms with Crippen molar-refractivity contribution in [1.29, 1.82) is 0 Å². The molecular weight excluding hydrogens is 222 g/mol. The Morgan fingerprint density at radius 1 is 0.611 bits per heavy atom. The first-order valence-corrected chi connectivity index (χ1v) is 7.94. The Balaban J connectivity index is 0. The van der Waals surface area contributed by atoms with E-state index in [0.29, 0.717) is 13.1 Å². The molecule has 18 heavy (non-hydrogen) atoms. The molecule has 0 aliphatic carbocycles. The average molecular weight is 259 g/mol. The molecule has 0 radical (unpaired) electrons. The highest BCUT2D eigenvalue weighted by molar-refractivity contribution is 4.45. The highest BCUT2D eigenvalue weighted by Gasteiger charge is 1.89. The van der Waals surface area contributed by atoms with Crippen LogP contribution in [0, 0.1) is 0 Å². The van der Waals surface area contributed by atoms with Crippen molar-refractivity contribution in [2.24, 2.45) is 11.5 Å². The van der Waals surface area contributed by atoms with E-state index < -0.39 is 0 Å². The van der Waals surface area contributed by atoms with Crippen LogP contribution in [0.25, 0.3) is 0 Å². The van der Waals surface area contributed by atoms with Crippen molar-refractivity contribution in [3.05, 3.63) is 0 Å². The summed E-state index contributed by atoms with van der Waals surface area (Å²) in [5.74, 6) is 0. The molecule has 0 spiro atoms. The van der Waals surface area contributed by atoms with Gasteiger partial charge in [-0.2, -0.15) is 0 Å². The number of hydrogen-bond donors (Lipinski definition) is 3. The first-order chi connectivity index (χ1) is 8.83. The fraction of sp³-hybridized carbons (Fsp3) is 1.00. The van der Waals surface area contributed by atoms with E-state index in [9.17, 15) is 0 Å². The van der Waals surface area contributed by atoms with Gasteiger partial charge in [0.25, 0.3) is 0 Å². The van der Waals surface area contributed by atoms with Crippen molar-refractivity contribution < 1.29 is 0 Å². The summed E-state index contributed by atoms with van der Waals surface area (Å²) >= 11 is 0. The molecule has 112 valence electrons. The first kappa shape index (κ1) is 20.2. The summed E-state index contributed by atoms with van der Waals surface area (Å²) < 4.78 is 0. The van der Waals surface area contributed by atoms with E-state index in [1.165, 1.54) is 57.8 Å². The third-order valence-electron chi connectivity index (χ3n) is 2.85. The van der Waals surface area contributed by atoms with Crippen LogP contribution in [0.5, 0.6) is 0 Å². The van der Waals surface area contributed by atoms with E-state index in [0.717, 1.165) is 13.1 Å². The maximum Gasteiger partial charge on any atom is 0.00750 e. The van der Waals surface area contributed by atoms with Crippen molar-refractivity contribution >= 4 is 0 Å². The molecule has 0 saturated heterocycles. The Morgan fingerprint density at radius 3 is 1.22 bits per heavy atom. The molecule has 0 aliphatic heterocycles. The summed E-state index contributed by atoms with van der Waals surface area (Å²) in [6, 6.07) is 0. The van der Waals surface area contributed by atoms with E-state index in [2.05, 4.69) is 19.2 Å². The molecule has 0 rings (SSSR count). The topological polar surface area (TPSA) is 64.1 Å². The second-order valence-electron chi connectivity index (χ2n) is 4.80. The Bertz CT molecular complexity index is 106. The smallest absolute Gasteiger partial charge is 0.00750 e. The van der Waals surface area contributed by atoms with E-state index >= 15 is 0 Å². The largest absolute Gasteiger partial charge is 0.329 e. The molecule has 0 aromatic rings. The lowest BCUT2D eigenvalue weighted by molar-refractivity contribution is 0.572. The van der Waals surface area contributed by atoms with Crippen LogP contribution in [-0.4, -0.2) is 26.2 Å². The number of rotatable bonds is 12. The summed E-state index contributed by atoms with van der Waals surface area (Å²) in [5, 5.41) is 3.03. The highest BCUT2D eigenvalue weighted by Crippen LogP contribution is 2.08. The van der Waals surface area contributed by atoms with Crippen LogP contribution in [0.1, 0.15) is 71.6 Å². The summed E-state index contributed by atoms with van der Waals surface area (Å²) in [4.78, 5) is 0. The molecule has 0 amide bonds. The van der Waals surface area contributed by atoms with Gasteiger partial charge in [-0.3, -0.25) is 0 Å². The van der Waals surface area contributed by atoms with Crippen molar-refractivity contribution in [2.45, 2.75) is 71.6 Å². The predicted molar refractivity (Wildman–Crippen MR) is 83.9 cm³/mol. The fourth-order valence-corrected chi connectivity index (χ4v) is 1.71. The predicted octanol–water partition coefficient (Wildman–Crippen LogP) is 3.03. The zero-order valence-corrected chi connectivity index (χ0v) is 12.8. The molecule has 0 fully saturated rings. The van der Waals surface area contributed by atoms with Crippen LogP contribution in [0.2, 0.25) is 0 Å². The van der Waals surface area contributed by atoms with Gasteiger partial charge in [0.1, 0.15) is 0 Å². The van der Waals surface area contributed by atoms with E-state index in [1.807, 2.05) is 0 Å². The van der Waals surface area contributed by atoms with Crippen LogP contribution >= 0.6 is 0 Å². The lowest BCUT2D eigenvalue weighted by atomic mass is 10.1. The number of hydrogen-bond acceptors (Lipinski definition) is 3. The van der Waals surface area contributed by atoms with Crippen LogP contribution in [0.15, 0.2) is 0 Å². The van der Waals surface area contributed by atoms with Crippen LogP contribution < -0.4 is 16.8 Å². The normalized spacial score (nSPS) is 10.0. The summed E-state index contributed by atoms with van der Waals surface area (Å²) in [6.07, 6.45) is 13.0. The zero-order valence-electron chi connectivity index (χ0n) is 12.8. The Hall–Kier alpha value is -0.120. The van der Waals surface area contributed by atoms with Crippen LogP contribution in [0.4, 0.5) is 0 Å². The van der Waals surface area contributed by atoms with Gasteiger partial charge in [-0.05, 0) is 0 Å². The van der Waals surface area contributed by atoms with Gasteiger partial charge in [0.2, 0.25) is 0 Å². The third-order valence-corrected chi connectivity index (χ3v) is 2.85. The highest BCUT2D eigenvalue weighted by atomic mass is 14.9. The third kappa shape index (κ3) is 24.9. The molecule has 3 nitrogen and oxygen atoms in total. The van der Waals surface area contributed by atoms with Gasteiger partial charge in [-0.1, -0.05) is 71.6 Å². The van der Waals surface area contributed by atoms with Gasteiger partial charge in [-0.15, -0.1) is 0 Å². The maximum atomic E-state index is 5.17. The van der Waals surface area contributed by atoms with Crippen LogP contribution in [-0.2, 0) is 0 Å². The second-order valence-corrected chi connectivity index (χ2v) is 4.80. The number of unbranched alkanes of at least 4 members (excludes halogenated alkanes) is 8. The molecule has 0 unspecified atom stereocenters. The SMILES string of the molecule is CCCCCCCCCCC.NCCNCCN. The lowest BCUT2D eigenvalue weighted by Gasteiger charge is -1.98. The van der Waals surface area contributed by atoms with Gasteiger partial charge in [0.05, 0.1) is 0 Å². The van der Waals surface area contributed by atoms with Gasteiger partial charge in [0.15, 0.2) is 0 Å². The summed E-state index contributed by atoms with van der Waals surface area (Å²) in [6.45, 7) is 7.68. The Labute approximate surface area is 115 Å². The monoisotopic (exact) mass is 259 g/mol. The maximum absolute atomic E-state index is 5.17. The molecule has 0 bridgehead atoms. The molecule has 0 aromatic carbocycles. The zero-order chi connectivity index (χ0) is 13.9. The fourth-order valence-electron chi connectivity index (χ4n) is 1.71. The molecule has 3 heteroatoms. The van der Waals surface area contributed by atoms with E-state index in [-0.39, 0.29) is 0 Å². The summed E-state index contributed by atoms with van der Waals surface area (Å²) in [7, 11) is 0. The van der Waals surface area contributed by atoms with Gasteiger partial charge >= 0.3 is 0 Å². The molecule has 0 saturated carbocycles. The number of nitrogens with two attached hydrogens (primary N) is 2. The standard InChI is InChI=1S/C11H24.C4H13N3/c1-3-5-7-9-11-10-8-6-4-2;5-1-3-7-4-2-6/h3-11H2,1-2H3;7H,1-6H2. The molecular formula is C15H37N3. The van der Waals surface area contributed by atoms with Crippen molar-refractivity contribution in [1.82, 2.24) is 5.32 Å². The van der Waals surface area contributed by atoms with Gasteiger partial charge in [0, 0.05) is 26.2 Å². The van der Waals surface area contributed by atoms with Crippen LogP contribution in [0.3, 0.4) is 0 Å². The minimum absolute atomic E-state index is 0.694. The molecule has 5 N–H and O–H groups in total. The molecule has 0 aromatic heterocycles. The summed E-state index contributed by atoms with van der Waals surface area (Å²) in [5.41, 5.74) is 10.3. The van der Waals surface area contributed by atoms with Crippen molar-refractivity contribution in [3.63, 3.8) is 0 Å². The second kappa shape index (κ2) is 22.1. The van der Waals surface area contributed by atoms with Gasteiger partial charge in [-0.25, -0.2) is 0 Å². The average Bonchev–Trinajstić information content (AvgIpc) is 2.39.